The lowest BCUT2D eigenvalue weighted by atomic mass is 10.2. The van der Waals surface area contributed by atoms with Crippen molar-refractivity contribution in [2.45, 2.75) is 13.8 Å². The number of nitrogens with zero attached hydrogens (tertiary/aromatic N) is 1. The first-order chi connectivity index (χ1) is 13.4. The number of nitrogens with one attached hydrogen (secondary N) is 3. The molecule has 3 rings (SSSR count). The molecule has 0 unspecified atom stereocenters. The second kappa shape index (κ2) is 8.53. The number of anilines is 3. The smallest absolute Gasteiger partial charge is 0.325 e. The minimum atomic E-state index is -0.417. The van der Waals surface area contributed by atoms with Crippen molar-refractivity contribution in [2.75, 3.05) is 23.1 Å². The third kappa shape index (κ3) is 4.86. The molecule has 1 heterocycles. The number of methoxy groups -OCH3 is 1. The molecule has 0 aliphatic rings. The summed E-state index contributed by atoms with van der Waals surface area (Å²) in [4.78, 5) is 29.4. The second-order valence-electron chi connectivity index (χ2n) is 6.07. The largest absolute Gasteiger partial charge is 0.497 e. The van der Waals surface area contributed by atoms with Crippen molar-refractivity contribution in [2.24, 2.45) is 0 Å². The molecule has 0 fully saturated rings. The molecule has 0 aliphatic carbocycles. The van der Waals surface area contributed by atoms with Gasteiger partial charge < -0.3 is 15.4 Å². The number of amides is 3. The number of carbonyl (C=O) groups excluding carboxylic acids is 2. The lowest BCUT2D eigenvalue weighted by molar-refractivity contribution is 0.103. The molecule has 144 valence electrons. The minimum absolute atomic E-state index is 0.296. The molecule has 1 aromatic heterocycles. The fourth-order valence-electron chi connectivity index (χ4n) is 2.53. The van der Waals surface area contributed by atoms with Gasteiger partial charge in [0.25, 0.3) is 5.91 Å². The van der Waals surface area contributed by atoms with Gasteiger partial charge in [-0.25, -0.2) is 9.78 Å². The van der Waals surface area contributed by atoms with E-state index in [4.69, 9.17) is 4.74 Å². The highest BCUT2D eigenvalue weighted by Gasteiger charge is 2.17. The maximum Gasteiger partial charge on any atom is 0.325 e. The summed E-state index contributed by atoms with van der Waals surface area (Å²) in [6.07, 6.45) is 0. The predicted molar refractivity (Wildman–Crippen MR) is 112 cm³/mol. The van der Waals surface area contributed by atoms with Gasteiger partial charge in [0.1, 0.15) is 10.6 Å². The molecule has 3 amide bonds. The van der Waals surface area contributed by atoms with Gasteiger partial charge in [0.2, 0.25) is 0 Å². The van der Waals surface area contributed by atoms with Crippen molar-refractivity contribution < 1.29 is 14.3 Å². The molecular weight excluding hydrogens is 376 g/mol. The number of urea groups is 1. The third-order valence-electron chi connectivity index (χ3n) is 3.83. The number of carbonyl (C=O) groups is 2. The molecular formula is C20H20N4O3S. The van der Waals surface area contributed by atoms with Gasteiger partial charge in [-0.15, -0.1) is 0 Å². The van der Waals surface area contributed by atoms with Gasteiger partial charge in [-0.05, 0) is 43.7 Å². The second-order valence-corrected chi connectivity index (χ2v) is 7.07. The van der Waals surface area contributed by atoms with Crippen LogP contribution in [0.3, 0.4) is 0 Å². The van der Waals surface area contributed by atoms with E-state index in [1.807, 2.05) is 25.1 Å². The summed E-state index contributed by atoms with van der Waals surface area (Å²) in [6, 6.07) is 14.1. The number of benzene rings is 2. The number of ether oxygens (including phenoxy) is 1. The van der Waals surface area contributed by atoms with Crippen LogP contribution in [0.1, 0.15) is 20.9 Å². The van der Waals surface area contributed by atoms with Crippen LogP contribution in [0.15, 0.2) is 48.5 Å². The Bertz CT molecular complexity index is 1020. The van der Waals surface area contributed by atoms with Crippen molar-refractivity contribution >= 4 is 39.8 Å². The van der Waals surface area contributed by atoms with Crippen LogP contribution in [0.25, 0.3) is 0 Å². The van der Waals surface area contributed by atoms with Gasteiger partial charge in [-0.3, -0.25) is 10.1 Å². The SMILES string of the molecule is COc1cccc(NC(=O)c2sc(NC(=O)Nc3cccc(C)c3)nc2C)c1. The number of aryl methyl sites for hydroxylation is 2. The minimum Gasteiger partial charge on any atom is -0.497 e. The summed E-state index contributed by atoms with van der Waals surface area (Å²) in [7, 11) is 1.56. The summed E-state index contributed by atoms with van der Waals surface area (Å²) in [5.74, 6) is 0.351. The standard InChI is InChI=1S/C20H20N4O3S/c1-12-6-4-7-14(10-12)23-19(26)24-20-21-13(2)17(28-20)18(25)22-15-8-5-9-16(11-15)27-3/h4-11H,1-3H3,(H,22,25)(H2,21,23,24,26). The fourth-order valence-corrected chi connectivity index (χ4v) is 3.39. The molecule has 28 heavy (non-hydrogen) atoms. The number of hydrogen-bond acceptors (Lipinski definition) is 5. The lowest BCUT2D eigenvalue weighted by Crippen LogP contribution is -2.19. The summed E-state index contributed by atoms with van der Waals surface area (Å²) in [5, 5.41) is 8.56. The molecule has 0 saturated heterocycles. The van der Waals surface area contributed by atoms with E-state index >= 15 is 0 Å². The molecule has 3 aromatic rings. The Balaban J connectivity index is 1.66. The van der Waals surface area contributed by atoms with Crippen molar-refractivity contribution in [3.8, 4) is 5.75 Å². The first-order valence-corrected chi connectivity index (χ1v) is 9.34. The maximum atomic E-state index is 12.6. The molecule has 0 aliphatic heterocycles. The summed E-state index contributed by atoms with van der Waals surface area (Å²) >= 11 is 1.11. The normalized spacial score (nSPS) is 10.2. The van der Waals surface area contributed by atoms with Gasteiger partial charge in [0, 0.05) is 17.4 Å². The van der Waals surface area contributed by atoms with Crippen LogP contribution in [0, 0.1) is 13.8 Å². The van der Waals surface area contributed by atoms with Gasteiger partial charge in [-0.2, -0.15) is 0 Å². The van der Waals surface area contributed by atoms with E-state index in [-0.39, 0.29) is 5.91 Å². The van der Waals surface area contributed by atoms with Crippen LogP contribution in [0.4, 0.5) is 21.3 Å². The van der Waals surface area contributed by atoms with Crippen molar-refractivity contribution in [3.63, 3.8) is 0 Å². The van der Waals surface area contributed by atoms with Gasteiger partial charge >= 0.3 is 6.03 Å². The molecule has 0 bridgehead atoms. The van der Waals surface area contributed by atoms with E-state index in [0.29, 0.717) is 32.8 Å². The Labute approximate surface area is 166 Å². The van der Waals surface area contributed by atoms with E-state index in [1.165, 1.54) is 0 Å². The summed E-state index contributed by atoms with van der Waals surface area (Å²) in [6.45, 7) is 3.67. The number of rotatable bonds is 5. The molecule has 2 aromatic carbocycles. The van der Waals surface area contributed by atoms with E-state index in [1.54, 1.807) is 44.4 Å². The van der Waals surface area contributed by atoms with Crippen LogP contribution < -0.4 is 20.7 Å². The Morgan fingerprint density at radius 3 is 2.39 bits per heavy atom. The Morgan fingerprint density at radius 2 is 1.68 bits per heavy atom. The van der Waals surface area contributed by atoms with Crippen molar-refractivity contribution in [3.05, 3.63) is 64.7 Å². The Kier molecular flexibility index (Phi) is 5.90. The maximum absolute atomic E-state index is 12.6. The van der Waals surface area contributed by atoms with Gasteiger partial charge in [0.15, 0.2) is 5.13 Å². The van der Waals surface area contributed by atoms with Crippen LogP contribution in [-0.4, -0.2) is 24.0 Å². The molecule has 7 nitrogen and oxygen atoms in total. The quantitative estimate of drug-likeness (QED) is 0.585. The number of thiazole rings is 1. The van der Waals surface area contributed by atoms with E-state index in [9.17, 15) is 9.59 Å². The average Bonchev–Trinajstić information content (AvgIpc) is 3.02. The summed E-state index contributed by atoms with van der Waals surface area (Å²) < 4.78 is 5.15. The van der Waals surface area contributed by atoms with E-state index < -0.39 is 6.03 Å². The summed E-state index contributed by atoms with van der Waals surface area (Å²) in [5.41, 5.74) is 2.88. The van der Waals surface area contributed by atoms with Gasteiger partial charge in [-0.1, -0.05) is 29.5 Å². The highest BCUT2D eigenvalue weighted by molar-refractivity contribution is 7.17. The van der Waals surface area contributed by atoms with Gasteiger partial charge in [0.05, 0.1) is 12.8 Å². The zero-order chi connectivity index (χ0) is 20.1. The molecule has 8 heteroatoms. The van der Waals surface area contributed by atoms with Crippen molar-refractivity contribution in [1.29, 1.82) is 0 Å². The topological polar surface area (TPSA) is 92.4 Å². The monoisotopic (exact) mass is 396 g/mol. The zero-order valence-corrected chi connectivity index (χ0v) is 16.5. The first-order valence-electron chi connectivity index (χ1n) is 8.52. The lowest BCUT2D eigenvalue weighted by Gasteiger charge is -2.06. The molecule has 0 atom stereocenters. The van der Waals surface area contributed by atoms with Crippen LogP contribution in [0.2, 0.25) is 0 Å². The Morgan fingerprint density at radius 1 is 0.964 bits per heavy atom. The highest BCUT2D eigenvalue weighted by Crippen LogP contribution is 2.25. The van der Waals surface area contributed by atoms with Crippen LogP contribution in [0.5, 0.6) is 5.75 Å². The van der Waals surface area contributed by atoms with Crippen LogP contribution >= 0.6 is 11.3 Å². The fraction of sp³-hybridized carbons (Fsp3) is 0.150. The average molecular weight is 396 g/mol. The third-order valence-corrected chi connectivity index (χ3v) is 4.90. The molecule has 0 spiro atoms. The highest BCUT2D eigenvalue weighted by atomic mass is 32.1. The first kappa shape index (κ1) is 19.4. The number of aromatic nitrogens is 1. The van der Waals surface area contributed by atoms with Crippen molar-refractivity contribution in [1.82, 2.24) is 4.98 Å². The van der Waals surface area contributed by atoms with E-state index in [0.717, 1.165) is 16.9 Å². The molecule has 3 N–H and O–H groups in total. The van der Waals surface area contributed by atoms with Crippen LogP contribution in [-0.2, 0) is 0 Å². The Hall–Kier alpha value is -3.39. The van der Waals surface area contributed by atoms with E-state index in [2.05, 4.69) is 20.9 Å². The predicted octanol–water partition coefficient (Wildman–Crippen LogP) is 4.66. The zero-order valence-electron chi connectivity index (χ0n) is 15.7. The number of hydrogen-bond donors (Lipinski definition) is 3. The molecule has 0 saturated carbocycles. The molecule has 0 radical (unpaired) electrons.